The maximum absolute atomic E-state index is 13.8. The number of aryl methyl sites for hydroxylation is 3. The monoisotopic (exact) mass is 758 g/mol. The first-order valence-corrected chi connectivity index (χ1v) is 18.2. The van der Waals surface area contributed by atoms with Crippen LogP contribution in [-0.4, -0.2) is 79.4 Å². The Kier molecular flexibility index (Phi) is 12.1. The molecule has 0 radical (unpaired) electrons. The fourth-order valence-electron chi connectivity index (χ4n) is 5.55. The quantitative estimate of drug-likeness (QED) is 0.128. The third kappa shape index (κ3) is 9.08. The molecule has 18 heteroatoms. The predicted molar refractivity (Wildman–Crippen MR) is 202 cm³/mol. The Bertz CT molecular complexity index is 2280. The number of ether oxygens (including phenoxy) is 2. The van der Waals surface area contributed by atoms with Crippen LogP contribution in [0.4, 0.5) is 27.9 Å². The van der Waals surface area contributed by atoms with Gasteiger partial charge >= 0.3 is 6.09 Å². The van der Waals surface area contributed by atoms with Crippen LogP contribution in [0.25, 0.3) is 10.9 Å². The van der Waals surface area contributed by atoms with E-state index in [9.17, 15) is 22.8 Å². The number of amides is 3. The summed E-state index contributed by atoms with van der Waals surface area (Å²) in [7, 11) is 0.975. The van der Waals surface area contributed by atoms with Crippen molar-refractivity contribution >= 4 is 62.0 Å². The van der Waals surface area contributed by atoms with Crippen LogP contribution in [-0.2, 0) is 37.9 Å². The molecule has 5 aromatic rings. The minimum atomic E-state index is -4.21. The van der Waals surface area contributed by atoms with E-state index in [0.29, 0.717) is 17.1 Å². The molecular formula is C36H42N10O7S. The van der Waals surface area contributed by atoms with Gasteiger partial charge in [0.25, 0.3) is 5.91 Å². The lowest BCUT2D eigenvalue weighted by molar-refractivity contribution is -0.130. The number of benzene rings is 3. The predicted octanol–water partition coefficient (Wildman–Crippen LogP) is 2.83. The molecule has 1 atom stereocenters. The first-order valence-electron chi connectivity index (χ1n) is 16.7. The normalized spacial score (nSPS) is 11.8. The van der Waals surface area contributed by atoms with Gasteiger partial charge in [-0.25, -0.2) is 28.2 Å². The second-order valence-corrected chi connectivity index (χ2v) is 13.9. The first-order chi connectivity index (χ1) is 25.7. The van der Waals surface area contributed by atoms with E-state index in [2.05, 4.69) is 25.7 Å². The number of hydrogen-bond donors (Lipinski definition) is 4. The Balaban J connectivity index is 1.37. The van der Waals surface area contributed by atoms with Gasteiger partial charge in [-0.3, -0.25) is 14.3 Å². The fourth-order valence-corrected chi connectivity index (χ4v) is 6.35. The van der Waals surface area contributed by atoms with Crippen LogP contribution in [0, 0.1) is 13.8 Å². The standard InChI is InChI=1S/C36H42N10O7S/c1-22-6-9-26(19-31(22)54(38,50)51)46(35-39-17-15-32(42-35)44(3)25-10-13-28-23(2)45(4)43-30(28)18-25)36(49)53-21-33(47)41-29(14-16-37)34(48)40-20-24-7-11-27(52-5)12-8-24/h6-13,15,17-19,29H,14,16,20-21,37H2,1-5H3,(H,40,48)(H,41,47)(H2,38,50,51)/t29-/m0/s1. The molecule has 0 bridgehead atoms. The molecule has 5 rings (SSSR count). The van der Waals surface area contributed by atoms with Gasteiger partial charge in [0.05, 0.1) is 23.2 Å². The number of sulfonamides is 1. The van der Waals surface area contributed by atoms with Crippen LogP contribution in [0.2, 0.25) is 0 Å². The Labute approximate surface area is 312 Å². The Hall–Kier alpha value is -6.11. The molecule has 0 saturated carbocycles. The maximum Gasteiger partial charge on any atom is 0.421 e. The first kappa shape index (κ1) is 39.1. The summed E-state index contributed by atoms with van der Waals surface area (Å²) in [6.07, 6.45) is 0.418. The molecule has 2 aromatic heterocycles. The van der Waals surface area contributed by atoms with E-state index in [1.165, 1.54) is 24.4 Å². The Morgan fingerprint density at radius 2 is 1.72 bits per heavy atom. The maximum atomic E-state index is 13.8. The topological polar surface area (TPSA) is 230 Å². The van der Waals surface area contributed by atoms with Crippen molar-refractivity contribution in [2.75, 3.05) is 37.1 Å². The third-order valence-electron chi connectivity index (χ3n) is 8.65. The van der Waals surface area contributed by atoms with Gasteiger partial charge in [0.1, 0.15) is 17.6 Å². The van der Waals surface area contributed by atoms with Crippen molar-refractivity contribution in [1.29, 1.82) is 0 Å². The lowest BCUT2D eigenvalue weighted by Gasteiger charge is -2.24. The number of carbonyl (C=O) groups is 3. The molecule has 0 saturated heterocycles. The van der Waals surface area contributed by atoms with Gasteiger partial charge in [-0.05, 0) is 86.5 Å². The van der Waals surface area contributed by atoms with Crippen LogP contribution in [0.15, 0.2) is 77.8 Å². The van der Waals surface area contributed by atoms with Crippen LogP contribution in [0.5, 0.6) is 5.75 Å². The number of nitrogens with zero attached hydrogens (tertiary/aromatic N) is 6. The second kappa shape index (κ2) is 16.7. The Morgan fingerprint density at radius 1 is 1.00 bits per heavy atom. The molecule has 17 nitrogen and oxygen atoms in total. The number of carbonyl (C=O) groups excluding carboxylic acids is 3. The number of fused-ring (bicyclic) bond motifs is 1. The van der Waals surface area contributed by atoms with Gasteiger partial charge in [0.15, 0.2) is 6.61 Å². The van der Waals surface area contributed by atoms with Crippen molar-refractivity contribution in [2.45, 2.75) is 37.8 Å². The van der Waals surface area contributed by atoms with Crippen LogP contribution < -0.4 is 36.0 Å². The number of rotatable bonds is 14. The number of primary sulfonamides is 1. The van der Waals surface area contributed by atoms with Gasteiger partial charge in [0.2, 0.25) is 21.9 Å². The lowest BCUT2D eigenvalue weighted by Crippen LogP contribution is -2.48. The fraction of sp³-hybridized carbons (Fsp3) is 0.278. The van der Waals surface area contributed by atoms with Gasteiger partial charge in [0, 0.05) is 43.6 Å². The van der Waals surface area contributed by atoms with E-state index in [1.807, 2.05) is 32.2 Å². The number of anilines is 4. The second-order valence-electron chi connectivity index (χ2n) is 12.3. The molecule has 54 heavy (non-hydrogen) atoms. The van der Waals surface area contributed by atoms with E-state index in [4.69, 9.17) is 20.3 Å². The molecule has 6 N–H and O–H groups in total. The molecule has 0 fully saturated rings. The number of nitrogens with one attached hydrogen (secondary N) is 2. The molecule has 284 valence electrons. The van der Waals surface area contributed by atoms with Crippen molar-refractivity contribution < 1.29 is 32.3 Å². The van der Waals surface area contributed by atoms with Crippen molar-refractivity contribution in [3.8, 4) is 5.75 Å². The van der Waals surface area contributed by atoms with E-state index in [0.717, 1.165) is 32.7 Å². The average molecular weight is 759 g/mol. The molecule has 0 unspecified atom stereocenters. The molecular weight excluding hydrogens is 717 g/mol. The molecule has 0 aliphatic rings. The van der Waals surface area contributed by atoms with Crippen molar-refractivity contribution in [3.05, 3.63) is 89.7 Å². The number of methoxy groups -OCH3 is 1. The average Bonchev–Trinajstić information content (AvgIpc) is 3.44. The summed E-state index contributed by atoms with van der Waals surface area (Å²) >= 11 is 0. The van der Waals surface area contributed by atoms with E-state index >= 15 is 0 Å². The summed E-state index contributed by atoms with van der Waals surface area (Å²) in [6, 6.07) is 17.6. The highest BCUT2D eigenvalue weighted by molar-refractivity contribution is 7.89. The van der Waals surface area contributed by atoms with Gasteiger partial charge in [-0.15, -0.1) is 0 Å². The van der Waals surface area contributed by atoms with Gasteiger partial charge < -0.3 is 30.7 Å². The largest absolute Gasteiger partial charge is 0.497 e. The molecule has 0 aliphatic carbocycles. The van der Waals surface area contributed by atoms with Crippen LogP contribution in [0.1, 0.15) is 23.2 Å². The summed E-state index contributed by atoms with van der Waals surface area (Å²) in [5, 5.41) is 16.3. The number of nitrogens with two attached hydrogens (primary N) is 2. The Morgan fingerprint density at radius 3 is 2.41 bits per heavy atom. The van der Waals surface area contributed by atoms with Crippen molar-refractivity contribution in [3.63, 3.8) is 0 Å². The molecule has 0 spiro atoms. The summed E-state index contributed by atoms with van der Waals surface area (Å²) in [6.45, 7) is 2.99. The minimum absolute atomic E-state index is 0.000801. The lowest BCUT2D eigenvalue weighted by atomic mass is 10.1. The van der Waals surface area contributed by atoms with E-state index < -0.39 is 40.6 Å². The summed E-state index contributed by atoms with van der Waals surface area (Å²) in [4.78, 5) is 51.2. The highest BCUT2D eigenvalue weighted by Gasteiger charge is 2.27. The van der Waals surface area contributed by atoms with E-state index in [-0.39, 0.29) is 36.0 Å². The summed E-state index contributed by atoms with van der Waals surface area (Å²) < 4.78 is 37.2. The number of aromatic nitrogens is 4. The van der Waals surface area contributed by atoms with Crippen LogP contribution >= 0.6 is 0 Å². The zero-order chi connectivity index (χ0) is 39.2. The van der Waals surface area contributed by atoms with Gasteiger partial charge in [-0.2, -0.15) is 10.1 Å². The van der Waals surface area contributed by atoms with Crippen molar-refractivity contribution in [2.24, 2.45) is 17.9 Å². The van der Waals surface area contributed by atoms with E-state index in [1.54, 1.807) is 61.0 Å². The molecule has 2 heterocycles. The van der Waals surface area contributed by atoms with Crippen molar-refractivity contribution in [1.82, 2.24) is 30.4 Å². The van der Waals surface area contributed by atoms with Crippen LogP contribution in [0.3, 0.4) is 0 Å². The summed E-state index contributed by atoms with van der Waals surface area (Å²) in [5.74, 6) is -0.433. The summed E-state index contributed by atoms with van der Waals surface area (Å²) in [5.41, 5.74) is 9.37. The molecule has 3 amide bonds. The zero-order valence-electron chi connectivity index (χ0n) is 30.4. The molecule has 3 aromatic carbocycles. The highest BCUT2D eigenvalue weighted by atomic mass is 32.2. The molecule has 0 aliphatic heterocycles. The smallest absolute Gasteiger partial charge is 0.421 e. The number of hydrogen-bond acceptors (Lipinski definition) is 12. The zero-order valence-corrected chi connectivity index (χ0v) is 31.3. The third-order valence-corrected chi connectivity index (χ3v) is 9.70. The SMILES string of the molecule is COc1ccc(CNC(=O)[C@H](CCN)NC(=O)COC(=O)N(c2ccc(C)c(S(N)(=O)=O)c2)c2nccc(N(C)c3ccc4c(C)n(C)nc4c3)n2)cc1. The van der Waals surface area contributed by atoms with Gasteiger partial charge in [-0.1, -0.05) is 18.2 Å². The highest BCUT2D eigenvalue weighted by Crippen LogP contribution is 2.31. The minimum Gasteiger partial charge on any atom is -0.497 e.